The average Bonchev–Trinajstić information content (AvgIpc) is 3.29. The van der Waals surface area contributed by atoms with E-state index in [-0.39, 0.29) is 18.0 Å². The van der Waals surface area contributed by atoms with Crippen LogP contribution in [-0.2, 0) is 6.54 Å². The van der Waals surface area contributed by atoms with Crippen molar-refractivity contribution in [2.45, 2.75) is 13.5 Å². The SMILES string of the molecule is CCOc1ccc(-c2noc(Cn3nc(-c4cccc(OC)c4)ccc3=O)n2)cc1OC. The summed E-state index contributed by atoms with van der Waals surface area (Å²) in [6.45, 7) is 2.47. The average molecular weight is 434 g/mol. The van der Waals surface area contributed by atoms with E-state index in [9.17, 15) is 4.79 Å². The summed E-state index contributed by atoms with van der Waals surface area (Å²) in [7, 11) is 3.16. The molecule has 4 aromatic rings. The van der Waals surface area contributed by atoms with Crippen molar-refractivity contribution in [1.29, 1.82) is 0 Å². The van der Waals surface area contributed by atoms with Crippen LogP contribution in [0.15, 0.2) is 63.9 Å². The Labute approximate surface area is 184 Å². The zero-order chi connectivity index (χ0) is 22.5. The molecule has 0 spiro atoms. The van der Waals surface area contributed by atoms with Crippen molar-refractivity contribution in [3.63, 3.8) is 0 Å². The molecule has 9 heteroatoms. The number of aromatic nitrogens is 4. The van der Waals surface area contributed by atoms with Crippen LogP contribution >= 0.6 is 0 Å². The summed E-state index contributed by atoms with van der Waals surface area (Å²) in [6.07, 6.45) is 0. The molecule has 9 nitrogen and oxygen atoms in total. The van der Waals surface area contributed by atoms with Crippen molar-refractivity contribution >= 4 is 0 Å². The Morgan fingerprint density at radius 1 is 0.969 bits per heavy atom. The van der Waals surface area contributed by atoms with Crippen LogP contribution in [0.5, 0.6) is 17.2 Å². The van der Waals surface area contributed by atoms with E-state index in [4.69, 9.17) is 18.7 Å². The van der Waals surface area contributed by atoms with Gasteiger partial charge in [-0.05, 0) is 43.3 Å². The molecule has 0 aliphatic carbocycles. The molecule has 0 radical (unpaired) electrons. The Hall–Kier alpha value is -4.14. The highest BCUT2D eigenvalue weighted by Crippen LogP contribution is 2.31. The van der Waals surface area contributed by atoms with E-state index >= 15 is 0 Å². The van der Waals surface area contributed by atoms with Gasteiger partial charge in [0.1, 0.15) is 12.3 Å². The van der Waals surface area contributed by atoms with Gasteiger partial charge in [0.2, 0.25) is 11.7 Å². The number of methoxy groups -OCH3 is 2. The lowest BCUT2D eigenvalue weighted by Crippen LogP contribution is -2.23. The summed E-state index contributed by atoms with van der Waals surface area (Å²) in [4.78, 5) is 16.7. The van der Waals surface area contributed by atoms with Crippen LogP contribution in [0.1, 0.15) is 12.8 Å². The second-order valence-electron chi connectivity index (χ2n) is 6.76. The van der Waals surface area contributed by atoms with E-state index in [0.717, 1.165) is 5.56 Å². The topological polar surface area (TPSA) is 102 Å². The van der Waals surface area contributed by atoms with Gasteiger partial charge in [-0.2, -0.15) is 10.1 Å². The first-order valence-electron chi connectivity index (χ1n) is 9.97. The van der Waals surface area contributed by atoms with Crippen LogP contribution in [0.25, 0.3) is 22.6 Å². The van der Waals surface area contributed by atoms with Gasteiger partial charge in [-0.15, -0.1) is 0 Å². The molecule has 0 aliphatic heterocycles. The molecule has 2 aromatic heterocycles. The highest BCUT2D eigenvalue weighted by atomic mass is 16.5. The molecule has 0 aliphatic rings. The van der Waals surface area contributed by atoms with Crippen molar-refractivity contribution in [3.05, 3.63) is 70.8 Å². The van der Waals surface area contributed by atoms with Gasteiger partial charge in [0.05, 0.1) is 26.5 Å². The van der Waals surface area contributed by atoms with E-state index in [1.54, 1.807) is 32.4 Å². The number of ether oxygens (including phenoxy) is 3. The molecule has 2 heterocycles. The summed E-state index contributed by atoms with van der Waals surface area (Å²) in [6, 6.07) is 15.9. The van der Waals surface area contributed by atoms with Crippen LogP contribution in [0.3, 0.4) is 0 Å². The first kappa shape index (κ1) is 21.1. The van der Waals surface area contributed by atoms with Crippen LogP contribution < -0.4 is 19.8 Å². The second kappa shape index (κ2) is 9.34. The third kappa shape index (κ3) is 4.46. The van der Waals surface area contributed by atoms with Gasteiger partial charge in [0.25, 0.3) is 5.56 Å². The summed E-state index contributed by atoms with van der Waals surface area (Å²) in [5.74, 6) is 2.53. The van der Waals surface area contributed by atoms with Crippen molar-refractivity contribution < 1.29 is 18.7 Å². The molecule has 0 saturated carbocycles. The smallest absolute Gasteiger partial charge is 0.267 e. The molecule has 4 rings (SSSR count). The maximum absolute atomic E-state index is 12.3. The largest absolute Gasteiger partial charge is 0.497 e. The van der Waals surface area contributed by atoms with Crippen molar-refractivity contribution in [2.75, 3.05) is 20.8 Å². The predicted molar refractivity (Wildman–Crippen MR) is 117 cm³/mol. The minimum atomic E-state index is -0.279. The predicted octanol–water partition coefficient (Wildman–Crippen LogP) is 3.42. The number of hydrogen-bond donors (Lipinski definition) is 0. The molecular weight excluding hydrogens is 412 g/mol. The molecule has 0 amide bonds. The molecule has 0 unspecified atom stereocenters. The van der Waals surface area contributed by atoms with Crippen molar-refractivity contribution in [1.82, 2.24) is 19.9 Å². The maximum atomic E-state index is 12.3. The monoisotopic (exact) mass is 434 g/mol. The van der Waals surface area contributed by atoms with E-state index < -0.39 is 0 Å². The summed E-state index contributed by atoms with van der Waals surface area (Å²) < 4.78 is 22.8. The van der Waals surface area contributed by atoms with Gasteiger partial charge in [-0.3, -0.25) is 4.79 Å². The standard InChI is InChI=1S/C23H22N4O5/c1-4-31-19-10-8-16(13-20(19)30-3)23-24-21(32-26-23)14-27-22(28)11-9-18(25-27)15-6-5-7-17(12-15)29-2/h5-13H,4,14H2,1-3H3. The Balaban J connectivity index is 1.59. The molecule has 0 saturated heterocycles. The molecule has 0 bridgehead atoms. The minimum absolute atomic E-state index is 0.0395. The molecule has 0 atom stereocenters. The number of rotatable bonds is 8. The molecule has 0 fully saturated rings. The number of benzene rings is 2. The van der Waals surface area contributed by atoms with Gasteiger partial charge in [-0.1, -0.05) is 17.3 Å². The summed E-state index contributed by atoms with van der Waals surface area (Å²) >= 11 is 0. The third-order valence-corrected chi connectivity index (χ3v) is 4.71. The first-order chi connectivity index (χ1) is 15.6. The van der Waals surface area contributed by atoms with Gasteiger partial charge >= 0.3 is 0 Å². The van der Waals surface area contributed by atoms with Crippen LogP contribution in [0.2, 0.25) is 0 Å². The zero-order valence-corrected chi connectivity index (χ0v) is 17.9. The Morgan fingerprint density at radius 2 is 1.84 bits per heavy atom. The van der Waals surface area contributed by atoms with Crippen LogP contribution in [0.4, 0.5) is 0 Å². The fourth-order valence-corrected chi connectivity index (χ4v) is 3.14. The van der Waals surface area contributed by atoms with Crippen molar-refractivity contribution in [2.24, 2.45) is 0 Å². The van der Waals surface area contributed by atoms with Crippen LogP contribution in [0, 0.1) is 0 Å². The number of hydrogen-bond acceptors (Lipinski definition) is 8. The van der Waals surface area contributed by atoms with E-state index in [1.807, 2.05) is 37.3 Å². The Kier molecular flexibility index (Phi) is 6.16. The van der Waals surface area contributed by atoms with Gasteiger partial charge < -0.3 is 18.7 Å². The quantitative estimate of drug-likeness (QED) is 0.416. The van der Waals surface area contributed by atoms with E-state index in [2.05, 4.69) is 15.2 Å². The number of nitrogens with zero attached hydrogens (tertiary/aromatic N) is 4. The fraction of sp³-hybridized carbons (Fsp3) is 0.217. The fourth-order valence-electron chi connectivity index (χ4n) is 3.14. The lowest BCUT2D eigenvalue weighted by atomic mass is 10.1. The Bertz CT molecular complexity index is 1280. The third-order valence-electron chi connectivity index (χ3n) is 4.71. The molecule has 0 N–H and O–H groups in total. The second-order valence-corrected chi connectivity index (χ2v) is 6.76. The van der Waals surface area contributed by atoms with E-state index in [1.165, 1.54) is 10.7 Å². The molecule has 32 heavy (non-hydrogen) atoms. The lowest BCUT2D eigenvalue weighted by Gasteiger charge is -2.09. The first-order valence-corrected chi connectivity index (χ1v) is 9.97. The minimum Gasteiger partial charge on any atom is -0.497 e. The van der Waals surface area contributed by atoms with Crippen LogP contribution in [-0.4, -0.2) is 40.7 Å². The van der Waals surface area contributed by atoms with Gasteiger partial charge in [-0.25, -0.2) is 4.68 Å². The normalized spacial score (nSPS) is 10.7. The zero-order valence-electron chi connectivity index (χ0n) is 17.9. The summed E-state index contributed by atoms with van der Waals surface area (Å²) in [5.41, 5.74) is 1.87. The van der Waals surface area contributed by atoms with Gasteiger partial charge in [0, 0.05) is 17.2 Å². The maximum Gasteiger partial charge on any atom is 0.267 e. The van der Waals surface area contributed by atoms with Gasteiger partial charge in [0.15, 0.2) is 11.5 Å². The summed E-state index contributed by atoms with van der Waals surface area (Å²) in [5, 5.41) is 8.46. The van der Waals surface area contributed by atoms with Crippen molar-refractivity contribution in [3.8, 4) is 39.9 Å². The molecule has 2 aromatic carbocycles. The van der Waals surface area contributed by atoms with E-state index in [0.29, 0.717) is 40.9 Å². The Morgan fingerprint density at radius 3 is 2.62 bits per heavy atom. The molecular formula is C23H22N4O5. The lowest BCUT2D eigenvalue weighted by molar-refractivity contribution is 0.311. The molecule has 164 valence electrons. The highest BCUT2D eigenvalue weighted by Gasteiger charge is 2.14. The highest BCUT2D eigenvalue weighted by molar-refractivity contribution is 5.61.